The van der Waals surface area contributed by atoms with Crippen LogP contribution >= 0.6 is 7.60 Å². The van der Waals surface area contributed by atoms with Gasteiger partial charge in [-0.25, -0.2) is 9.59 Å². The average molecular weight is 617 g/mol. The second kappa shape index (κ2) is 12.9. The first-order chi connectivity index (χ1) is 20.3. The van der Waals surface area contributed by atoms with Crippen molar-refractivity contribution >= 4 is 49.7 Å². The third-order valence-corrected chi connectivity index (χ3v) is 7.93. The van der Waals surface area contributed by atoms with Crippen LogP contribution in [-0.4, -0.2) is 98.7 Å². The molecular weight excluding hydrogens is 588 g/mol. The van der Waals surface area contributed by atoms with E-state index in [1.165, 1.54) is 29.2 Å². The highest BCUT2D eigenvalue weighted by atomic mass is 31.2. The SMILES string of the molecule is NCCCN1CCN(C(=O)N[C@@H](C(=O)N[C@H]2Cc3cccc(C(=O)O)c3OB2O)c2ccc(P(=O)(O)O)cc2)C(=O)C1=O. The zero-order chi connectivity index (χ0) is 31.5. The number of rotatable bonds is 9. The van der Waals surface area contributed by atoms with E-state index in [1.807, 2.05) is 0 Å². The largest absolute Gasteiger partial charge is 0.547 e. The first-order valence-corrected chi connectivity index (χ1v) is 14.7. The van der Waals surface area contributed by atoms with Crippen LogP contribution in [0, 0.1) is 0 Å². The predicted octanol–water partition coefficient (Wildman–Crippen LogP) is -1.90. The van der Waals surface area contributed by atoms with E-state index in [-0.39, 0.29) is 48.2 Å². The fourth-order valence-corrected chi connectivity index (χ4v) is 5.25. The Balaban J connectivity index is 1.57. The molecule has 18 heteroatoms. The fraction of sp³-hybridized carbons (Fsp3) is 0.320. The van der Waals surface area contributed by atoms with Crippen molar-refractivity contribution < 1.29 is 53.1 Å². The molecule has 0 aliphatic carbocycles. The van der Waals surface area contributed by atoms with Crippen molar-refractivity contribution in [3.63, 3.8) is 0 Å². The van der Waals surface area contributed by atoms with Crippen molar-refractivity contribution in [3.8, 4) is 5.75 Å². The number of carboxylic acid groups (broad SMARTS) is 1. The van der Waals surface area contributed by atoms with Gasteiger partial charge in [0.1, 0.15) is 11.8 Å². The second-order valence-electron chi connectivity index (χ2n) is 9.84. The highest BCUT2D eigenvalue weighted by Gasteiger charge is 2.41. The van der Waals surface area contributed by atoms with Gasteiger partial charge < -0.3 is 45.8 Å². The Morgan fingerprint density at radius 3 is 2.42 bits per heavy atom. The normalized spacial score (nSPS) is 17.6. The van der Waals surface area contributed by atoms with Crippen LogP contribution in [-0.2, 0) is 25.4 Å². The Morgan fingerprint density at radius 2 is 1.79 bits per heavy atom. The molecule has 0 bridgehead atoms. The Kier molecular flexibility index (Phi) is 9.52. The van der Waals surface area contributed by atoms with Crippen molar-refractivity contribution in [3.05, 3.63) is 59.2 Å². The summed E-state index contributed by atoms with van der Waals surface area (Å²) in [6.07, 6.45) is 0.413. The van der Waals surface area contributed by atoms with E-state index in [0.29, 0.717) is 23.4 Å². The topological polar surface area (TPSA) is 249 Å². The van der Waals surface area contributed by atoms with E-state index in [4.69, 9.17) is 10.4 Å². The van der Waals surface area contributed by atoms with E-state index in [9.17, 15) is 48.5 Å². The lowest BCUT2D eigenvalue weighted by Crippen LogP contribution is -2.60. The third kappa shape index (κ3) is 7.04. The fourth-order valence-electron chi connectivity index (χ4n) is 4.71. The molecule has 5 amide bonds. The molecule has 0 unspecified atom stereocenters. The lowest BCUT2D eigenvalue weighted by molar-refractivity contribution is -0.153. The quantitative estimate of drug-likeness (QED) is 0.0926. The number of carbonyl (C=O) groups is 5. The molecule has 43 heavy (non-hydrogen) atoms. The minimum Gasteiger partial charge on any atom is -0.534 e. The van der Waals surface area contributed by atoms with Crippen LogP contribution in [0.4, 0.5) is 4.79 Å². The van der Waals surface area contributed by atoms with Crippen molar-refractivity contribution in [2.45, 2.75) is 24.8 Å². The van der Waals surface area contributed by atoms with Crippen LogP contribution in [0.2, 0.25) is 0 Å². The molecule has 0 spiro atoms. The Labute approximate surface area is 245 Å². The number of benzene rings is 2. The number of urea groups is 1. The van der Waals surface area contributed by atoms with Crippen molar-refractivity contribution in [2.75, 3.05) is 26.2 Å². The molecule has 2 aromatic carbocycles. The Bertz CT molecular complexity index is 1480. The van der Waals surface area contributed by atoms with Gasteiger partial charge in [0.15, 0.2) is 0 Å². The monoisotopic (exact) mass is 617 g/mol. The summed E-state index contributed by atoms with van der Waals surface area (Å²) in [6, 6.07) is 6.21. The molecule has 4 rings (SSSR count). The number of carbonyl (C=O) groups excluding carboxylic acids is 4. The van der Waals surface area contributed by atoms with Crippen molar-refractivity contribution in [2.24, 2.45) is 5.73 Å². The van der Waals surface area contributed by atoms with E-state index in [0.717, 1.165) is 12.1 Å². The van der Waals surface area contributed by atoms with Gasteiger partial charge in [-0.15, -0.1) is 0 Å². The molecule has 1 fully saturated rings. The van der Waals surface area contributed by atoms with Crippen molar-refractivity contribution in [1.82, 2.24) is 20.4 Å². The molecule has 0 saturated carbocycles. The second-order valence-corrected chi connectivity index (χ2v) is 11.4. The number of nitrogens with two attached hydrogens (primary N) is 1. The van der Waals surface area contributed by atoms with E-state index < -0.39 is 56.4 Å². The number of piperazine rings is 1. The minimum atomic E-state index is -4.63. The molecule has 8 N–H and O–H groups in total. The standard InChI is InChI=1S/C25H29BN5O11P/c27-9-2-10-30-11-12-31(23(34)22(30)33)25(37)29-19(14-5-7-16(8-6-14)43(39,40)41)21(32)28-18-13-15-3-1-4-17(24(35)36)20(15)42-26(18)38/h1,3-8,18-19,38H,2,9-13,27H2,(H,28,32)(H,29,37)(H,35,36)(H2,39,40,41)/t18-,19+/m0/s1. The molecule has 2 aliphatic rings. The summed E-state index contributed by atoms with van der Waals surface area (Å²) < 4.78 is 17.0. The molecule has 2 aromatic rings. The van der Waals surface area contributed by atoms with Gasteiger partial charge in [0.2, 0.25) is 5.91 Å². The summed E-state index contributed by atoms with van der Waals surface area (Å²) in [4.78, 5) is 84.3. The van der Waals surface area contributed by atoms with Gasteiger partial charge in [-0.3, -0.25) is 23.8 Å². The van der Waals surface area contributed by atoms with Gasteiger partial charge >= 0.3 is 38.5 Å². The van der Waals surface area contributed by atoms with Crippen LogP contribution < -0.4 is 26.3 Å². The number of imide groups is 1. The van der Waals surface area contributed by atoms with E-state index in [2.05, 4.69) is 10.6 Å². The molecule has 0 radical (unpaired) electrons. The summed E-state index contributed by atoms with van der Waals surface area (Å²) in [6.45, 7) is 0.419. The van der Waals surface area contributed by atoms with Gasteiger partial charge in [-0.1, -0.05) is 24.3 Å². The van der Waals surface area contributed by atoms with E-state index in [1.54, 1.807) is 6.07 Å². The molecule has 228 valence electrons. The highest BCUT2D eigenvalue weighted by molar-refractivity contribution is 7.60. The first kappa shape index (κ1) is 31.7. The zero-order valence-electron chi connectivity index (χ0n) is 22.6. The zero-order valence-corrected chi connectivity index (χ0v) is 23.5. The molecule has 2 atom stereocenters. The smallest absolute Gasteiger partial charge is 0.534 e. The summed E-state index contributed by atoms with van der Waals surface area (Å²) in [5, 5.41) is 24.6. The number of para-hydroxylation sites is 1. The molecule has 2 aliphatic heterocycles. The predicted molar refractivity (Wildman–Crippen MR) is 149 cm³/mol. The maximum absolute atomic E-state index is 13.5. The first-order valence-electron chi connectivity index (χ1n) is 13.1. The van der Waals surface area contributed by atoms with Crippen LogP contribution in [0.5, 0.6) is 5.75 Å². The summed E-state index contributed by atoms with van der Waals surface area (Å²) >= 11 is 0. The molecular formula is C25H29BN5O11P. The van der Waals surface area contributed by atoms with E-state index >= 15 is 0 Å². The number of aromatic carboxylic acids is 1. The van der Waals surface area contributed by atoms with Crippen LogP contribution in [0.1, 0.15) is 33.9 Å². The van der Waals surface area contributed by atoms with Crippen LogP contribution in [0.15, 0.2) is 42.5 Å². The Morgan fingerprint density at radius 1 is 1.09 bits per heavy atom. The number of carboxylic acids is 1. The van der Waals surface area contributed by atoms with Crippen LogP contribution in [0.3, 0.4) is 0 Å². The number of nitrogens with zero attached hydrogens (tertiary/aromatic N) is 2. The number of hydrogen-bond acceptors (Lipinski definition) is 9. The van der Waals surface area contributed by atoms with Crippen LogP contribution in [0.25, 0.3) is 0 Å². The lowest BCUT2D eigenvalue weighted by Gasteiger charge is -2.34. The molecule has 0 aromatic heterocycles. The van der Waals surface area contributed by atoms with Crippen molar-refractivity contribution in [1.29, 1.82) is 0 Å². The molecule has 2 heterocycles. The molecule has 1 saturated heterocycles. The third-order valence-electron chi connectivity index (χ3n) is 6.96. The van der Waals surface area contributed by atoms with Gasteiger partial charge in [-0.05, 0) is 48.7 Å². The number of amides is 5. The van der Waals surface area contributed by atoms with Gasteiger partial charge in [0, 0.05) is 19.6 Å². The number of hydrogen-bond donors (Lipinski definition) is 7. The maximum Gasteiger partial charge on any atom is 0.547 e. The van der Waals surface area contributed by atoms with Gasteiger partial charge in [-0.2, -0.15) is 0 Å². The summed E-state index contributed by atoms with van der Waals surface area (Å²) in [5.74, 6) is -5.36. The van der Waals surface area contributed by atoms with Gasteiger partial charge in [0.05, 0.1) is 16.8 Å². The Hall–Kier alpha value is -4.28. The molecule has 16 nitrogen and oxygen atoms in total. The highest BCUT2D eigenvalue weighted by Crippen LogP contribution is 2.33. The average Bonchev–Trinajstić information content (AvgIpc) is 2.96. The summed E-state index contributed by atoms with van der Waals surface area (Å²) in [7, 11) is -6.31. The number of fused-ring (bicyclic) bond motifs is 1. The minimum absolute atomic E-state index is 0.0427. The van der Waals surface area contributed by atoms with Gasteiger partial charge in [0.25, 0.3) is 0 Å². The summed E-state index contributed by atoms with van der Waals surface area (Å²) in [5.41, 5.74) is 5.73. The lowest BCUT2D eigenvalue weighted by atomic mass is 9.72. The number of nitrogens with one attached hydrogen (secondary N) is 2. The maximum atomic E-state index is 13.5.